The summed E-state index contributed by atoms with van der Waals surface area (Å²) in [5.74, 6) is 0.429. The minimum atomic E-state index is -0.412. The Balaban J connectivity index is 2.71. The number of amides is 1. The molecular formula is C9H12IN3O. The largest absolute Gasteiger partial charge is 0.309 e. The van der Waals surface area contributed by atoms with Crippen LogP contribution in [0.25, 0.3) is 0 Å². The number of halogens is 1. The molecule has 76 valence electrons. The van der Waals surface area contributed by atoms with E-state index in [0.29, 0.717) is 5.82 Å². The van der Waals surface area contributed by atoms with Crippen molar-refractivity contribution in [3.63, 3.8) is 0 Å². The molecule has 1 aromatic rings. The van der Waals surface area contributed by atoms with Crippen molar-refractivity contribution in [3.8, 4) is 0 Å². The minimum Gasteiger partial charge on any atom is -0.309 e. The molecule has 0 aromatic carbocycles. The van der Waals surface area contributed by atoms with Crippen LogP contribution in [0, 0.1) is 9.12 Å². The van der Waals surface area contributed by atoms with E-state index >= 15 is 0 Å². The number of rotatable bonds is 1. The van der Waals surface area contributed by atoms with E-state index < -0.39 is 5.41 Å². The molecule has 0 spiro atoms. The summed E-state index contributed by atoms with van der Waals surface area (Å²) in [6.07, 6.45) is 0. The van der Waals surface area contributed by atoms with Crippen LogP contribution in [0.5, 0.6) is 0 Å². The van der Waals surface area contributed by atoms with Gasteiger partial charge >= 0.3 is 0 Å². The third kappa shape index (κ3) is 3.21. The number of hydrogen-bond acceptors (Lipinski definition) is 3. The van der Waals surface area contributed by atoms with Gasteiger partial charge < -0.3 is 5.32 Å². The Morgan fingerprint density at radius 1 is 1.36 bits per heavy atom. The van der Waals surface area contributed by atoms with E-state index in [1.165, 1.54) is 0 Å². The average molecular weight is 305 g/mol. The van der Waals surface area contributed by atoms with Gasteiger partial charge in [-0.3, -0.25) is 4.79 Å². The third-order valence-electron chi connectivity index (χ3n) is 1.55. The lowest BCUT2D eigenvalue weighted by Gasteiger charge is -2.16. The van der Waals surface area contributed by atoms with Gasteiger partial charge in [-0.05, 0) is 34.7 Å². The summed E-state index contributed by atoms with van der Waals surface area (Å²) in [6.45, 7) is 5.55. The minimum absolute atomic E-state index is 0.0620. The second-order valence-electron chi connectivity index (χ2n) is 3.95. The first-order valence-corrected chi connectivity index (χ1v) is 5.28. The Morgan fingerprint density at radius 2 is 2.00 bits per heavy atom. The molecule has 0 bridgehead atoms. The SMILES string of the molecule is CC(C)(C)C(=O)Nc1ccc(I)nn1. The number of nitrogens with one attached hydrogen (secondary N) is 1. The zero-order chi connectivity index (χ0) is 10.8. The lowest BCUT2D eigenvalue weighted by Crippen LogP contribution is -2.28. The summed E-state index contributed by atoms with van der Waals surface area (Å²) in [4.78, 5) is 11.5. The molecule has 5 heteroatoms. The fourth-order valence-electron chi connectivity index (χ4n) is 0.686. The summed E-state index contributed by atoms with van der Waals surface area (Å²) < 4.78 is 0.802. The van der Waals surface area contributed by atoms with Crippen molar-refractivity contribution in [2.24, 2.45) is 5.41 Å². The maximum atomic E-state index is 11.5. The highest BCUT2D eigenvalue weighted by Gasteiger charge is 2.21. The van der Waals surface area contributed by atoms with Crippen LogP contribution in [0.1, 0.15) is 20.8 Å². The Labute approximate surface area is 96.6 Å². The standard InChI is InChI=1S/C9H12IN3O/c1-9(2,3)8(14)11-7-5-4-6(10)12-13-7/h4-5H,1-3H3,(H,11,13,14). The molecule has 0 radical (unpaired) electrons. The van der Waals surface area contributed by atoms with Crippen molar-refractivity contribution in [1.29, 1.82) is 0 Å². The molecule has 0 saturated carbocycles. The smallest absolute Gasteiger partial charge is 0.230 e. The second kappa shape index (κ2) is 4.20. The Hall–Kier alpha value is -0.720. The van der Waals surface area contributed by atoms with E-state index in [1.807, 2.05) is 20.8 Å². The summed E-state index contributed by atoms with van der Waals surface area (Å²) >= 11 is 2.06. The predicted octanol–water partition coefficient (Wildman–Crippen LogP) is 2.07. The van der Waals surface area contributed by atoms with Crippen molar-refractivity contribution < 1.29 is 4.79 Å². The van der Waals surface area contributed by atoms with Crippen LogP contribution >= 0.6 is 22.6 Å². The molecule has 0 unspecified atom stereocenters. The summed E-state index contributed by atoms with van der Waals surface area (Å²) in [7, 11) is 0. The van der Waals surface area contributed by atoms with Crippen molar-refractivity contribution in [2.75, 3.05) is 5.32 Å². The second-order valence-corrected chi connectivity index (χ2v) is 5.05. The number of carbonyl (C=O) groups excluding carboxylic acids is 1. The molecular weight excluding hydrogens is 293 g/mol. The van der Waals surface area contributed by atoms with E-state index in [-0.39, 0.29) is 5.91 Å². The van der Waals surface area contributed by atoms with Crippen molar-refractivity contribution >= 4 is 34.3 Å². The quantitative estimate of drug-likeness (QED) is 0.808. The third-order valence-corrected chi connectivity index (χ3v) is 2.13. The Bertz CT molecular complexity index is 329. The number of hydrogen-bond donors (Lipinski definition) is 1. The average Bonchev–Trinajstić information content (AvgIpc) is 2.07. The van der Waals surface area contributed by atoms with E-state index in [4.69, 9.17) is 0 Å². The van der Waals surface area contributed by atoms with Gasteiger partial charge in [0.1, 0.15) is 3.70 Å². The molecule has 4 nitrogen and oxygen atoms in total. The zero-order valence-corrected chi connectivity index (χ0v) is 10.5. The summed E-state index contributed by atoms with van der Waals surface area (Å²) in [5.41, 5.74) is -0.412. The lowest BCUT2D eigenvalue weighted by molar-refractivity contribution is -0.123. The number of aromatic nitrogens is 2. The van der Waals surface area contributed by atoms with E-state index in [9.17, 15) is 4.79 Å². The molecule has 0 aliphatic carbocycles. The van der Waals surface area contributed by atoms with Gasteiger partial charge in [0.15, 0.2) is 5.82 Å². The first kappa shape index (κ1) is 11.4. The number of nitrogens with zero attached hydrogens (tertiary/aromatic N) is 2. The van der Waals surface area contributed by atoms with Crippen LogP contribution in [-0.4, -0.2) is 16.1 Å². The monoisotopic (exact) mass is 305 g/mol. The fraction of sp³-hybridized carbons (Fsp3) is 0.444. The maximum Gasteiger partial charge on any atom is 0.230 e. The Morgan fingerprint density at radius 3 is 2.43 bits per heavy atom. The van der Waals surface area contributed by atoms with E-state index in [0.717, 1.165) is 3.70 Å². The topological polar surface area (TPSA) is 54.9 Å². The van der Waals surface area contributed by atoms with Gasteiger partial charge in [-0.15, -0.1) is 10.2 Å². The normalized spacial score (nSPS) is 11.1. The molecule has 0 atom stereocenters. The predicted molar refractivity (Wildman–Crippen MR) is 62.8 cm³/mol. The first-order chi connectivity index (χ1) is 6.39. The number of carbonyl (C=O) groups is 1. The molecule has 1 aromatic heterocycles. The van der Waals surface area contributed by atoms with Crippen molar-refractivity contribution in [1.82, 2.24) is 10.2 Å². The van der Waals surface area contributed by atoms with Gasteiger partial charge in [0.05, 0.1) is 0 Å². The van der Waals surface area contributed by atoms with Gasteiger partial charge in [-0.2, -0.15) is 0 Å². The maximum absolute atomic E-state index is 11.5. The molecule has 0 fully saturated rings. The highest BCUT2D eigenvalue weighted by atomic mass is 127. The van der Waals surface area contributed by atoms with Gasteiger partial charge in [-0.25, -0.2) is 0 Å². The van der Waals surface area contributed by atoms with Gasteiger partial charge in [0.25, 0.3) is 0 Å². The molecule has 0 saturated heterocycles. The lowest BCUT2D eigenvalue weighted by atomic mass is 9.96. The fourth-order valence-corrected chi connectivity index (χ4v) is 0.974. The Kier molecular flexibility index (Phi) is 3.41. The number of anilines is 1. The highest BCUT2D eigenvalue weighted by Crippen LogP contribution is 2.15. The van der Waals surface area contributed by atoms with Gasteiger partial charge in [0, 0.05) is 5.41 Å². The van der Waals surface area contributed by atoms with Crippen LogP contribution in [0.4, 0.5) is 5.82 Å². The van der Waals surface area contributed by atoms with Gasteiger partial charge in [0.2, 0.25) is 5.91 Å². The van der Waals surface area contributed by atoms with Crippen LogP contribution < -0.4 is 5.32 Å². The first-order valence-electron chi connectivity index (χ1n) is 4.20. The molecule has 1 N–H and O–H groups in total. The van der Waals surface area contributed by atoms with Crippen LogP contribution in [0.2, 0.25) is 0 Å². The molecule has 0 aliphatic heterocycles. The summed E-state index contributed by atoms with van der Waals surface area (Å²) in [5, 5.41) is 10.4. The summed E-state index contributed by atoms with van der Waals surface area (Å²) in [6, 6.07) is 3.53. The highest BCUT2D eigenvalue weighted by molar-refractivity contribution is 14.1. The van der Waals surface area contributed by atoms with Crippen LogP contribution in [-0.2, 0) is 4.79 Å². The van der Waals surface area contributed by atoms with Crippen LogP contribution in [0.3, 0.4) is 0 Å². The molecule has 1 rings (SSSR count). The van der Waals surface area contributed by atoms with Crippen molar-refractivity contribution in [2.45, 2.75) is 20.8 Å². The zero-order valence-electron chi connectivity index (χ0n) is 8.34. The molecule has 0 aliphatic rings. The van der Waals surface area contributed by atoms with E-state index in [2.05, 4.69) is 38.1 Å². The van der Waals surface area contributed by atoms with E-state index in [1.54, 1.807) is 12.1 Å². The van der Waals surface area contributed by atoms with Gasteiger partial charge in [-0.1, -0.05) is 20.8 Å². The molecule has 14 heavy (non-hydrogen) atoms. The van der Waals surface area contributed by atoms with Crippen molar-refractivity contribution in [3.05, 3.63) is 15.8 Å². The molecule has 1 heterocycles. The van der Waals surface area contributed by atoms with Crippen LogP contribution in [0.15, 0.2) is 12.1 Å². The molecule has 1 amide bonds.